The molecule has 1 amide bonds. The quantitative estimate of drug-likeness (QED) is 0.635. The molecule has 0 aliphatic rings. The fraction of sp³-hybridized carbons (Fsp3) is 0.231. The van der Waals surface area contributed by atoms with Crippen molar-refractivity contribution in [2.24, 2.45) is 5.84 Å². The maximum absolute atomic E-state index is 12.1. The Labute approximate surface area is 106 Å². The van der Waals surface area contributed by atoms with Crippen molar-refractivity contribution in [2.45, 2.75) is 6.92 Å². The highest BCUT2D eigenvalue weighted by molar-refractivity contribution is 5.99. The molecule has 2 aromatic rings. The maximum Gasteiger partial charge on any atom is 0.272 e. The van der Waals surface area contributed by atoms with Gasteiger partial charge in [-0.2, -0.15) is 0 Å². The van der Waals surface area contributed by atoms with Crippen LogP contribution in [0.4, 0.5) is 5.69 Å². The molecule has 94 valence electrons. The van der Waals surface area contributed by atoms with Gasteiger partial charge in [-0.05, 0) is 19.1 Å². The van der Waals surface area contributed by atoms with Crippen LogP contribution in [0.15, 0.2) is 30.3 Å². The molecule has 0 saturated carbocycles. The third-order valence-corrected chi connectivity index (χ3v) is 2.91. The van der Waals surface area contributed by atoms with Gasteiger partial charge in [0.1, 0.15) is 5.69 Å². The van der Waals surface area contributed by atoms with Crippen LogP contribution >= 0.6 is 0 Å². The number of nitrogens with one attached hydrogen (secondary N) is 1. The molecule has 2 rings (SSSR count). The number of nitrogens with zero attached hydrogens (tertiary/aromatic N) is 2. The number of hydrogen-bond donors (Lipinski definition) is 2. The van der Waals surface area contributed by atoms with E-state index in [1.165, 1.54) is 0 Å². The van der Waals surface area contributed by atoms with Crippen LogP contribution in [0, 0.1) is 0 Å². The molecule has 18 heavy (non-hydrogen) atoms. The van der Waals surface area contributed by atoms with Crippen LogP contribution in [0.25, 0.3) is 10.9 Å². The van der Waals surface area contributed by atoms with Gasteiger partial charge in [0.15, 0.2) is 0 Å². The number of hydrazine groups is 1. The first-order valence-electron chi connectivity index (χ1n) is 5.79. The summed E-state index contributed by atoms with van der Waals surface area (Å²) in [6, 6.07) is 9.24. The summed E-state index contributed by atoms with van der Waals surface area (Å²) in [6.45, 7) is 2.56. The van der Waals surface area contributed by atoms with Gasteiger partial charge >= 0.3 is 0 Å². The van der Waals surface area contributed by atoms with Gasteiger partial charge in [-0.25, -0.2) is 4.98 Å². The van der Waals surface area contributed by atoms with E-state index in [1.54, 1.807) is 18.0 Å². The molecule has 1 heterocycles. The maximum atomic E-state index is 12.1. The van der Waals surface area contributed by atoms with Gasteiger partial charge in [-0.1, -0.05) is 18.2 Å². The molecule has 3 N–H and O–H groups in total. The molecule has 0 spiro atoms. The van der Waals surface area contributed by atoms with E-state index in [1.807, 2.05) is 31.2 Å². The number of anilines is 1. The Hall–Kier alpha value is -2.14. The lowest BCUT2D eigenvalue weighted by Gasteiger charge is -2.15. The first kappa shape index (κ1) is 12.3. The predicted molar refractivity (Wildman–Crippen MR) is 72.2 cm³/mol. The Morgan fingerprint density at radius 1 is 1.44 bits per heavy atom. The van der Waals surface area contributed by atoms with E-state index < -0.39 is 0 Å². The zero-order valence-electron chi connectivity index (χ0n) is 10.5. The van der Waals surface area contributed by atoms with Crippen LogP contribution in [0.5, 0.6) is 0 Å². The molecule has 0 radical (unpaired) electrons. The van der Waals surface area contributed by atoms with Crippen LogP contribution < -0.4 is 11.3 Å². The van der Waals surface area contributed by atoms with Crippen molar-refractivity contribution in [3.05, 3.63) is 36.0 Å². The number of pyridine rings is 1. The summed E-state index contributed by atoms with van der Waals surface area (Å²) in [5.41, 5.74) is 4.46. The van der Waals surface area contributed by atoms with E-state index in [-0.39, 0.29) is 5.91 Å². The Morgan fingerprint density at radius 3 is 2.83 bits per heavy atom. The molecule has 1 aromatic carbocycles. The van der Waals surface area contributed by atoms with Crippen LogP contribution in [0.1, 0.15) is 17.4 Å². The van der Waals surface area contributed by atoms with Crippen LogP contribution in [-0.2, 0) is 0 Å². The first-order chi connectivity index (χ1) is 8.67. The smallest absolute Gasteiger partial charge is 0.272 e. The Balaban J connectivity index is 2.57. The number of amides is 1. The van der Waals surface area contributed by atoms with Gasteiger partial charge < -0.3 is 10.3 Å². The molecule has 0 fully saturated rings. The normalized spacial score (nSPS) is 10.4. The SMILES string of the molecule is CCN(C)C(=O)c1cc(NN)c2ccccc2n1. The van der Waals surface area contributed by atoms with E-state index in [9.17, 15) is 4.79 Å². The number of hydrogen-bond acceptors (Lipinski definition) is 4. The topological polar surface area (TPSA) is 71.2 Å². The molecule has 5 heteroatoms. The molecular weight excluding hydrogens is 228 g/mol. The lowest BCUT2D eigenvalue weighted by molar-refractivity contribution is 0.0797. The number of nitrogens with two attached hydrogens (primary N) is 1. The second kappa shape index (κ2) is 5.01. The monoisotopic (exact) mass is 244 g/mol. The molecule has 0 saturated heterocycles. The van der Waals surface area contributed by atoms with Gasteiger partial charge in [0, 0.05) is 19.0 Å². The first-order valence-corrected chi connectivity index (χ1v) is 5.79. The second-order valence-electron chi connectivity index (χ2n) is 4.04. The summed E-state index contributed by atoms with van der Waals surface area (Å²) in [4.78, 5) is 18.1. The van der Waals surface area contributed by atoms with Gasteiger partial charge in [0.05, 0.1) is 11.2 Å². The van der Waals surface area contributed by atoms with Crippen molar-refractivity contribution in [1.82, 2.24) is 9.88 Å². The number of carbonyl (C=O) groups excluding carboxylic acids is 1. The average Bonchev–Trinajstić information content (AvgIpc) is 2.44. The standard InChI is InChI=1S/C13H16N4O/c1-3-17(2)13(18)12-8-11(16-14)9-6-4-5-7-10(9)15-12/h4-8H,3,14H2,1-2H3,(H,15,16). The Bertz CT molecular complexity index is 582. The van der Waals surface area contributed by atoms with Gasteiger partial charge in [0.25, 0.3) is 5.91 Å². The molecular formula is C13H16N4O. The summed E-state index contributed by atoms with van der Waals surface area (Å²) in [7, 11) is 1.74. The van der Waals surface area contributed by atoms with E-state index in [4.69, 9.17) is 5.84 Å². The summed E-state index contributed by atoms with van der Waals surface area (Å²) in [6.07, 6.45) is 0. The van der Waals surface area contributed by atoms with Crippen molar-refractivity contribution in [2.75, 3.05) is 19.0 Å². The number of aromatic nitrogens is 1. The van der Waals surface area contributed by atoms with Crippen molar-refractivity contribution < 1.29 is 4.79 Å². The molecule has 0 aliphatic carbocycles. The number of para-hydroxylation sites is 1. The zero-order valence-corrected chi connectivity index (χ0v) is 10.5. The van der Waals surface area contributed by atoms with Crippen molar-refractivity contribution >= 4 is 22.5 Å². The third kappa shape index (κ3) is 2.12. The highest BCUT2D eigenvalue weighted by Crippen LogP contribution is 2.22. The van der Waals surface area contributed by atoms with Crippen LogP contribution in [-0.4, -0.2) is 29.4 Å². The lowest BCUT2D eigenvalue weighted by Crippen LogP contribution is -2.27. The highest BCUT2D eigenvalue weighted by Gasteiger charge is 2.14. The lowest BCUT2D eigenvalue weighted by atomic mass is 10.1. The fourth-order valence-corrected chi connectivity index (χ4v) is 1.74. The highest BCUT2D eigenvalue weighted by atomic mass is 16.2. The molecule has 0 atom stereocenters. The number of rotatable bonds is 3. The number of benzene rings is 1. The number of fused-ring (bicyclic) bond motifs is 1. The van der Waals surface area contributed by atoms with Gasteiger partial charge in [-0.15, -0.1) is 0 Å². The fourth-order valence-electron chi connectivity index (χ4n) is 1.74. The number of nitrogen functional groups attached to an aromatic ring is 1. The summed E-state index contributed by atoms with van der Waals surface area (Å²) < 4.78 is 0. The average molecular weight is 244 g/mol. The van der Waals surface area contributed by atoms with E-state index in [0.29, 0.717) is 17.9 Å². The minimum Gasteiger partial charge on any atom is -0.341 e. The second-order valence-corrected chi connectivity index (χ2v) is 4.04. The van der Waals surface area contributed by atoms with E-state index >= 15 is 0 Å². The van der Waals surface area contributed by atoms with E-state index in [0.717, 1.165) is 10.9 Å². The number of carbonyl (C=O) groups is 1. The zero-order chi connectivity index (χ0) is 13.1. The minimum atomic E-state index is -0.111. The molecule has 0 bridgehead atoms. The Kier molecular flexibility index (Phi) is 3.43. The van der Waals surface area contributed by atoms with Crippen LogP contribution in [0.3, 0.4) is 0 Å². The van der Waals surface area contributed by atoms with E-state index in [2.05, 4.69) is 10.4 Å². The third-order valence-electron chi connectivity index (χ3n) is 2.91. The van der Waals surface area contributed by atoms with Crippen molar-refractivity contribution in [3.8, 4) is 0 Å². The molecule has 0 unspecified atom stereocenters. The Morgan fingerprint density at radius 2 is 2.17 bits per heavy atom. The van der Waals surface area contributed by atoms with Crippen LogP contribution in [0.2, 0.25) is 0 Å². The largest absolute Gasteiger partial charge is 0.341 e. The van der Waals surface area contributed by atoms with Crippen molar-refractivity contribution in [3.63, 3.8) is 0 Å². The summed E-state index contributed by atoms with van der Waals surface area (Å²) in [5, 5.41) is 0.899. The summed E-state index contributed by atoms with van der Waals surface area (Å²) >= 11 is 0. The molecule has 1 aromatic heterocycles. The van der Waals surface area contributed by atoms with Gasteiger partial charge in [0.2, 0.25) is 0 Å². The predicted octanol–water partition coefficient (Wildman–Crippen LogP) is 1.61. The van der Waals surface area contributed by atoms with Crippen molar-refractivity contribution in [1.29, 1.82) is 0 Å². The summed E-state index contributed by atoms with van der Waals surface area (Å²) in [5.74, 6) is 5.38. The molecule has 0 aliphatic heterocycles. The molecule has 5 nitrogen and oxygen atoms in total. The minimum absolute atomic E-state index is 0.111. The van der Waals surface area contributed by atoms with Gasteiger partial charge in [-0.3, -0.25) is 10.6 Å².